The Morgan fingerprint density at radius 3 is 2.75 bits per heavy atom. The molecule has 1 N–H and O–H groups in total. The van der Waals surface area contributed by atoms with Gasteiger partial charge in [0, 0.05) is 15.4 Å². The summed E-state index contributed by atoms with van der Waals surface area (Å²) in [6, 6.07) is 7.46. The molecule has 108 valence electrons. The van der Waals surface area contributed by atoms with Crippen LogP contribution >= 0.6 is 43.2 Å². The normalized spacial score (nSPS) is 12.6. The average molecular weight is 421 g/mol. The smallest absolute Gasteiger partial charge is 0.137 e. The fraction of sp³-hybridized carbons (Fsp3) is 0.333. The molecule has 0 bridgehead atoms. The van der Waals surface area contributed by atoms with Crippen molar-refractivity contribution < 1.29 is 4.39 Å². The summed E-state index contributed by atoms with van der Waals surface area (Å²) in [5, 5.41) is 5.62. The molecule has 0 aliphatic carbocycles. The number of hydrogen-bond acceptors (Lipinski definition) is 2. The molecule has 1 aromatic carbocycles. The average Bonchev–Trinajstić information content (AvgIpc) is 2.85. The molecule has 0 aliphatic rings. The highest BCUT2D eigenvalue weighted by atomic mass is 79.9. The van der Waals surface area contributed by atoms with Gasteiger partial charge in [-0.1, -0.05) is 19.1 Å². The van der Waals surface area contributed by atoms with Crippen molar-refractivity contribution in [1.29, 1.82) is 0 Å². The van der Waals surface area contributed by atoms with Gasteiger partial charge in [-0.3, -0.25) is 0 Å². The molecule has 1 aromatic heterocycles. The van der Waals surface area contributed by atoms with Crippen molar-refractivity contribution in [3.05, 3.63) is 54.8 Å². The van der Waals surface area contributed by atoms with Crippen LogP contribution in [0, 0.1) is 5.82 Å². The minimum atomic E-state index is -0.206. The van der Waals surface area contributed by atoms with E-state index in [-0.39, 0.29) is 11.9 Å². The molecular weight excluding hydrogens is 405 g/mol. The van der Waals surface area contributed by atoms with Crippen molar-refractivity contribution in [3.8, 4) is 0 Å². The molecule has 0 spiro atoms. The fourth-order valence-electron chi connectivity index (χ4n) is 2.06. The summed E-state index contributed by atoms with van der Waals surface area (Å²) in [6.45, 7) is 3.09. The molecule has 2 rings (SSSR count). The summed E-state index contributed by atoms with van der Waals surface area (Å²) in [6.07, 6.45) is 1.83. The van der Waals surface area contributed by atoms with Gasteiger partial charge < -0.3 is 5.32 Å². The van der Waals surface area contributed by atoms with Crippen LogP contribution in [0.15, 0.2) is 38.6 Å². The molecule has 1 unspecified atom stereocenters. The van der Waals surface area contributed by atoms with Gasteiger partial charge in [-0.25, -0.2) is 4.39 Å². The Morgan fingerprint density at radius 1 is 1.30 bits per heavy atom. The molecule has 20 heavy (non-hydrogen) atoms. The fourth-order valence-corrected chi connectivity index (χ4v) is 4.21. The maximum atomic E-state index is 13.6. The first-order chi connectivity index (χ1) is 9.63. The summed E-state index contributed by atoms with van der Waals surface area (Å²) in [7, 11) is 0. The Hall–Kier alpha value is -0.230. The summed E-state index contributed by atoms with van der Waals surface area (Å²) >= 11 is 8.66. The molecule has 1 atom stereocenters. The highest BCUT2D eigenvalue weighted by Crippen LogP contribution is 2.33. The van der Waals surface area contributed by atoms with E-state index in [0.717, 1.165) is 29.4 Å². The summed E-state index contributed by atoms with van der Waals surface area (Å²) in [5.74, 6) is -0.206. The Bertz CT molecular complexity index is 571. The molecule has 0 aliphatic heterocycles. The van der Waals surface area contributed by atoms with Crippen LogP contribution in [-0.2, 0) is 6.42 Å². The number of nitrogens with one attached hydrogen (secondary N) is 1. The van der Waals surface area contributed by atoms with Crippen molar-refractivity contribution in [2.45, 2.75) is 25.8 Å². The summed E-state index contributed by atoms with van der Waals surface area (Å²) < 4.78 is 15.3. The third kappa shape index (κ3) is 3.91. The second-order valence-corrected chi connectivity index (χ2v) is 7.15. The second-order valence-electron chi connectivity index (χ2n) is 4.56. The lowest BCUT2D eigenvalue weighted by Crippen LogP contribution is -2.23. The number of benzene rings is 1. The lowest BCUT2D eigenvalue weighted by Gasteiger charge is -2.19. The maximum absolute atomic E-state index is 13.6. The molecule has 1 nitrogen and oxygen atoms in total. The molecule has 0 saturated heterocycles. The van der Waals surface area contributed by atoms with Crippen LogP contribution in [0.1, 0.15) is 29.8 Å². The standard InChI is InChI=1S/C15H16Br2FNS/c1-2-7-19-13(15-11(16)6-8-20-15)9-10-4-3-5-12(18)14(10)17/h3-6,8,13,19H,2,7,9H2,1H3. The molecule has 1 heterocycles. The van der Waals surface area contributed by atoms with Crippen LogP contribution in [0.4, 0.5) is 4.39 Å². The Labute approximate surface area is 139 Å². The van der Waals surface area contributed by atoms with Crippen LogP contribution in [0.3, 0.4) is 0 Å². The van der Waals surface area contributed by atoms with E-state index < -0.39 is 0 Å². The zero-order valence-corrected chi connectivity index (χ0v) is 15.1. The predicted octanol–water partition coefficient (Wildman–Crippen LogP) is 5.70. The molecule has 0 amide bonds. The SMILES string of the molecule is CCCNC(Cc1cccc(F)c1Br)c1sccc1Br. The first kappa shape index (κ1) is 16.1. The van der Waals surface area contributed by atoms with Gasteiger partial charge in [0.1, 0.15) is 5.82 Å². The quantitative estimate of drug-likeness (QED) is 0.632. The van der Waals surface area contributed by atoms with Gasteiger partial charge in [-0.2, -0.15) is 0 Å². The lowest BCUT2D eigenvalue weighted by molar-refractivity contribution is 0.531. The molecule has 0 radical (unpaired) electrons. The van der Waals surface area contributed by atoms with Gasteiger partial charge in [0.2, 0.25) is 0 Å². The lowest BCUT2D eigenvalue weighted by atomic mass is 10.0. The first-order valence-corrected chi connectivity index (χ1v) is 8.99. The van der Waals surface area contributed by atoms with E-state index >= 15 is 0 Å². The van der Waals surface area contributed by atoms with E-state index in [2.05, 4.69) is 55.5 Å². The van der Waals surface area contributed by atoms with Crippen LogP contribution in [0.5, 0.6) is 0 Å². The second kappa shape index (κ2) is 7.69. The third-order valence-electron chi connectivity index (χ3n) is 3.06. The van der Waals surface area contributed by atoms with Crippen molar-refractivity contribution in [3.63, 3.8) is 0 Å². The van der Waals surface area contributed by atoms with E-state index in [0.29, 0.717) is 4.47 Å². The number of thiophene rings is 1. The summed E-state index contributed by atoms with van der Waals surface area (Å²) in [4.78, 5) is 1.26. The van der Waals surface area contributed by atoms with E-state index in [1.165, 1.54) is 10.9 Å². The molecule has 0 saturated carbocycles. The van der Waals surface area contributed by atoms with E-state index in [9.17, 15) is 4.39 Å². The van der Waals surface area contributed by atoms with Crippen LogP contribution in [0.2, 0.25) is 0 Å². The van der Waals surface area contributed by atoms with E-state index in [1.54, 1.807) is 17.4 Å². The number of hydrogen-bond donors (Lipinski definition) is 1. The zero-order chi connectivity index (χ0) is 14.5. The van der Waals surface area contributed by atoms with Crippen molar-refractivity contribution in [2.24, 2.45) is 0 Å². The van der Waals surface area contributed by atoms with Gasteiger partial charge in [0.25, 0.3) is 0 Å². The van der Waals surface area contributed by atoms with Gasteiger partial charge in [-0.05, 0) is 74.3 Å². The van der Waals surface area contributed by atoms with Crippen molar-refractivity contribution in [2.75, 3.05) is 6.54 Å². The molecule has 5 heteroatoms. The van der Waals surface area contributed by atoms with Gasteiger partial charge in [0.05, 0.1) is 4.47 Å². The number of halogens is 3. The van der Waals surface area contributed by atoms with Gasteiger partial charge in [-0.15, -0.1) is 11.3 Å². The largest absolute Gasteiger partial charge is 0.309 e. The third-order valence-corrected chi connectivity index (χ3v) is 5.93. The highest BCUT2D eigenvalue weighted by molar-refractivity contribution is 9.10. The van der Waals surface area contributed by atoms with Crippen LogP contribution in [0.25, 0.3) is 0 Å². The first-order valence-electron chi connectivity index (χ1n) is 6.52. The van der Waals surface area contributed by atoms with Crippen molar-refractivity contribution >= 4 is 43.2 Å². The maximum Gasteiger partial charge on any atom is 0.137 e. The monoisotopic (exact) mass is 419 g/mol. The molecule has 2 aromatic rings. The topological polar surface area (TPSA) is 12.0 Å². The Kier molecular flexibility index (Phi) is 6.20. The van der Waals surface area contributed by atoms with Crippen LogP contribution in [-0.4, -0.2) is 6.54 Å². The Balaban J connectivity index is 2.24. The minimum Gasteiger partial charge on any atom is -0.309 e. The summed E-state index contributed by atoms with van der Waals surface area (Å²) in [5.41, 5.74) is 0.985. The van der Waals surface area contributed by atoms with E-state index in [1.807, 2.05) is 6.07 Å². The zero-order valence-electron chi connectivity index (χ0n) is 11.1. The van der Waals surface area contributed by atoms with Gasteiger partial charge in [0.15, 0.2) is 0 Å². The predicted molar refractivity (Wildman–Crippen MR) is 90.9 cm³/mol. The molecular formula is C15H16Br2FNS. The van der Waals surface area contributed by atoms with Crippen LogP contribution < -0.4 is 5.32 Å². The highest BCUT2D eigenvalue weighted by Gasteiger charge is 2.18. The van der Waals surface area contributed by atoms with E-state index in [4.69, 9.17) is 0 Å². The van der Waals surface area contributed by atoms with Gasteiger partial charge >= 0.3 is 0 Å². The molecule has 0 fully saturated rings. The number of rotatable bonds is 6. The minimum absolute atomic E-state index is 0.197. The Morgan fingerprint density at radius 2 is 2.10 bits per heavy atom. The van der Waals surface area contributed by atoms with Crippen molar-refractivity contribution in [1.82, 2.24) is 5.32 Å².